The average molecular weight is 442 g/mol. The number of amides is 1. The normalized spacial score (nSPS) is 10.5. The number of halogens is 1. The molecule has 1 N–H and O–H groups in total. The van der Waals surface area contributed by atoms with E-state index in [0.717, 1.165) is 5.56 Å². The molecular formula is C25H19FN4O3. The lowest BCUT2D eigenvalue weighted by atomic mass is 10.2. The summed E-state index contributed by atoms with van der Waals surface area (Å²) in [6.07, 6.45) is 3.42. The van der Waals surface area contributed by atoms with E-state index in [0.29, 0.717) is 34.2 Å². The number of anilines is 1. The zero-order valence-corrected chi connectivity index (χ0v) is 17.7. The Hall–Kier alpha value is -4.51. The standard InChI is InChI=1S/C25H19FN4O3/c1-16-13-18(32-25-17(14-27)5-4-12-28-25)8-9-21(16)30-23(31)10-11-24-29-15-22(33-24)19-6-2-3-7-20(19)26/h2-9,12-13,15H,10-11H2,1H3,(H,30,31). The molecule has 0 atom stereocenters. The van der Waals surface area contributed by atoms with Crippen molar-refractivity contribution < 1.29 is 18.3 Å². The van der Waals surface area contributed by atoms with Crippen molar-refractivity contribution in [3.63, 3.8) is 0 Å². The number of hydrogen-bond donors (Lipinski definition) is 1. The molecule has 33 heavy (non-hydrogen) atoms. The first kappa shape index (κ1) is 21.7. The Balaban J connectivity index is 1.35. The third kappa shape index (κ3) is 5.22. The molecule has 2 heterocycles. The van der Waals surface area contributed by atoms with Crippen LogP contribution in [0.2, 0.25) is 0 Å². The number of benzene rings is 2. The highest BCUT2D eigenvalue weighted by Crippen LogP contribution is 2.27. The third-order valence-electron chi connectivity index (χ3n) is 4.84. The van der Waals surface area contributed by atoms with Gasteiger partial charge in [-0.05, 0) is 55.0 Å². The van der Waals surface area contributed by atoms with Gasteiger partial charge >= 0.3 is 0 Å². The molecule has 0 spiro atoms. The summed E-state index contributed by atoms with van der Waals surface area (Å²) in [5.74, 6) is 0.787. The number of oxazole rings is 1. The Kier molecular flexibility index (Phi) is 6.41. The number of rotatable bonds is 7. The number of nitriles is 1. The summed E-state index contributed by atoms with van der Waals surface area (Å²) >= 11 is 0. The maximum Gasteiger partial charge on any atom is 0.237 e. The van der Waals surface area contributed by atoms with Crippen molar-refractivity contribution in [3.8, 4) is 29.0 Å². The molecule has 164 valence electrons. The van der Waals surface area contributed by atoms with Gasteiger partial charge in [-0.15, -0.1) is 0 Å². The molecule has 0 fully saturated rings. The molecule has 4 aromatic rings. The van der Waals surface area contributed by atoms with Crippen LogP contribution in [0.4, 0.5) is 10.1 Å². The molecule has 2 aromatic heterocycles. The van der Waals surface area contributed by atoms with Crippen molar-refractivity contribution in [3.05, 3.63) is 89.8 Å². The van der Waals surface area contributed by atoms with Crippen LogP contribution in [0.3, 0.4) is 0 Å². The fraction of sp³-hybridized carbons (Fsp3) is 0.120. The molecule has 0 aliphatic heterocycles. The molecule has 0 radical (unpaired) electrons. The van der Waals surface area contributed by atoms with Gasteiger partial charge in [0.1, 0.15) is 23.2 Å². The molecule has 0 unspecified atom stereocenters. The van der Waals surface area contributed by atoms with E-state index in [1.165, 1.54) is 12.3 Å². The summed E-state index contributed by atoms with van der Waals surface area (Å²) in [7, 11) is 0. The number of ether oxygens (including phenoxy) is 1. The molecule has 0 saturated carbocycles. The SMILES string of the molecule is Cc1cc(Oc2ncccc2C#N)ccc1NC(=O)CCc1ncc(-c2ccccc2F)o1. The summed E-state index contributed by atoms with van der Waals surface area (Å²) < 4.78 is 25.2. The van der Waals surface area contributed by atoms with Crippen LogP contribution in [0, 0.1) is 24.1 Å². The van der Waals surface area contributed by atoms with E-state index in [2.05, 4.69) is 15.3 Å². The van der Waals surface area contributed by atoms with Crippen LogP contribution in [0.5, 0.6) is 11.6 Å². The van der Waals surface area contributed by atoms with Crippen LogP contribution in [-0.4, -0.2) is 15.9 Å². The van der Waals surface area contributed by atoms with Gasteiger partial charge in [0.05, 0.1) is 11.8 Å². The zero-order valence-electron chi connectivity index (χ0n) is 17.7. The number of hydrogen-bond acceptors (Lipinski definition) is 6. The molecule has 1 amide bonds. The second kappa shape index (κ2) is 9.75. The van der Waals surface area contributed by atoms with Gasteiger partial charge in [-0.1, -0.05) is 12.1 Å². The molecule has 4 rings (SSSR count). The highest BCUT2D eigenvalue weighted by atomic mass is 19.1. The molecule has 8 heteroatoms. The molecule has 0 aliphatic carbocycles. The van der Waals surface area contributed by atoms with Crippen LogP contribution in [0.25, 0.3) is 11.3 Å². The Labute approximate surface area is 189 Å². The van der Waals surface area contributed by atoms with Gasteiger partial charge in [-0.2, -0.15) is 5.26 Å². The van der Waals surface area contributed by atoms with Crippen LogP contribution in [0.15, 0.2) is 71.4 Å². The number of aryl methyl sites for hydroxylation is 2. The van der Waals surface area contributed by atoms with E-state index in [4.69, 9.17) is 14.4 Å². The van der Waals surface area contributed by atoms with Gasteiger partial charge in [0.25, 0.3) is 0 Å². The van der Waals surface area contributed by atoms with Gasteiger partial charge in [-0.25, -0.2) is 14.4 Å². The summed E-state index contributed by atoms with van der Waals surface area (Å²) in [5.41, 5.74) is 2.07. The maximum atomic E-state index is 13.9. The fourth-order valence-electron chi connectivity index (χ4n) is 3.15. The average Bonchev–Trinajstić information content (AvgIpc) is 3.29. The molecule has 0 bridgehead atoms. The van der Waals surface area contributed by atoms with Crippen molar-refractivity contribution in [2.45, 2.75) is 19.8 Å². The van der Waals surface area contributed by atoms with Crippen molar-refractivity contribution >= 4 is 11.6 Å². The van der Waals surface area contributed by atoms with E-state index in [1.54, 1.807) is 54.7 Å². The maximum absolute atomic E-state index is 13.9. The van der Waals surface area contributed by atoms with Gasteiger partial charge in [-0.3, -0.25) is 4.79 Å². The largest absolute Gasteiger partial charge is 0.441 e. The van der Waals surface area contributed by atoms with E-state index < -0.39 is 5.82 Å². The van der Waals surface area contributed by atoms with Crippen LogP contribution >= 0.6 is 0 Å². The minimum atomic E-state index is -0.396. The number of aromatic nitrogens is 2. The molecule has 0 saturated heterocycles. The van der Waals surface area contributed by atoms with Crippen molar-refractivity contribution in [1.29, 1.82) is 5.26 Å². The molecule has 7 nitrogen and oxygen atoms in total. The van der Waals surface area contributed by atoms with Crippen molar-refractivity contribution in [2.75, 3.05) is 5.32 Å². The zero-order chi connectivity index (χ0) is 23.2. The first-order chi connectivity index (χ1) is 16.0. The van der Waals surface area contributed by atoms with E-state index in [1.807, 2.05) is 13.0 Å². The highest BCUT2D eigenvalue weighted by Gasteiger charge is 2.13. The number of carbonyl (C=O) groups is 1. The second-order valence-electron chi connectivity index (χ2n) is 7.19. The minimum absolute atomic E-state index is 0.147. The first-order valence-electron chi connectivity index (χ1n) is 10.2. The van der Waals surface area contributed by atoms with Crippen LogP contribution in [-0.2, 0) is 11.2 Å². The van der Waals surface area contributed by atoms with Crippen LogP contribution < -0.4 is 10.1 Å². The Morgan fingerprint density at radius 3 is 2.82 bits per heavy atom. The van der Waals surface area contributed by atoms with E-state index in [9.17, 15) is 9.18 Å². The first-order valence-corrected chi connectivity index (χ1v) is 10.2. The van der Waals surface area contributed by atoms with E-state index >= 15 is 0 Å². The summed E-state index contributed by atoms with van der Waals surface area (Å²) in [6.45, 7) is 1.83. The summed E-state index contributed by atoms with van der Waals surface area (Å²) in [6, 6.07) is 16.7. The second-order valence-corrected chi connectivity index (χ2v) is 7.19. The number of pyridine rings is 1. The predicted octanol–water partition coefficient (Wildman–Crippen LogP) is 5.42. The van der Waals surface area contributed by atoms with E-state index in [-0.39, 0.29) is 24.6 Å². The van der Waals surface area contributed by atoms with Gasteiger partial charge < -0.3 is 14.5 Å². The van der Waals surface area contributed by atoms with Crippen molar-refractivity contribution in [2.24, 2.45) is 0 Å². The number of carbonyl (C=O) groups excluding carboxylic acids is 1. The summed E-state index contributed by atoms with van der Waals surface area (Å²) in [5, 5.41) is 12.0. The highest BCUT2D eigenvalue weighted by molar-refractivity contribution is 5.91. The predicted molar refractivity (Wildman–Crippen MR) is 119 cm³/mol. The monoisotopic (exact) mass is 442 g/mol. The smallest absolute Gasteiger partial charge is 0.237 e. The molecular weight excluding hydrogens is 423 g/mol. The van der Waals surface area contributed by atoms with Gasteiger partial charge in [0, 0.05) is 24.7 Å². The Morgan fingerprint density at radius 1 is 1.18 bits per heavy atom. The Morgan fingerprint density at radius 2 is 2.03 bits per heavy atom. The third-order valence-corrected chi connectivity index (χ3v) is 4.84. The van der Waals surface area contributed by atoms with Gasteiger partial charge in [0.15, 0.2) is 11.7 Å². The number of nitrogens with one attached hydrogen (secondary N) is 1. The Bertz CT molecular complexity index is 1340. The molecule has 2 aromatic carbocycles. The quantitative estimate of drug-likeness (QED) is 0.410. The molecule has 0 aliphatic rings. The lowest BCUT2D eigenvalue weighted by Crippen LogP contribution is -2.13. The van der Waals surface area contributed by atoms with Crippen molar-refractivity contribution in [1.82, 2.24) is 9.97 Å². The lowest BCUT2D eigenvalue weighted by Gasteiger charge is -2.11. The van der Waals surface area contributed by atoms with Crippen LogP contribution in [0.1, 0.15) is 23.4 Å². The topological polar surface area (TPSA) is 101 Å². The minimum Gasteiger partial charge on any atom is -0.441 e. The fourth-order valence-corrected chi connectivity index (χ4v) is 3.15. The summed E-state index contributed by atoms with van der Waals surface area (Å²) in [4.78, 5) is 20.6. The lowest BCUT2D eigenvalue weighted by molar-refractivity contribution is -0.116. The van der Waals surface area contributed by atoms with Gasteiger partial charge in [0.2, 0.25) is 11.8 Å². The number of nitrogens with zero attached hydrogens (tertiary/aromatic N) is 3.